The SMILES string of the molecule is CC1=CCCC=C(C)CCC(C)C(=O)CC1. The second-order valence-electron chi connectivity index (χ2n) is 5.08. The predicted molar refractivity (Wildman–Crippen MR) is 69.4 cm³/mol. The molecule has 1 rings (SSSR count). The molecule has 1 aliphatic carbocycles. The lowest BCUT2D eigenvalue weighted by molar-refractivity contribution is -0.122. The van der Waals surface area contributed by atoms with Crippen LogP contribution in [0.1, 0.15) is 59.3 Å². The van der Waals surface area contributed by atoms with E-state index in [0.717, 1.165) is 38.5 Å². The van der Waals surface area contributed by atoms with Crippen LogP contribution in [0, 0.1) is 5.92 Å². The van der Waals surface area contributed by atoms with Crippen molar-refractivity contribution in [3.05, 3.63) is 23.3 Å². The van der Waals surface area contributed by atoms with Gasteiger partial charge in [0.1, 0.15) is 5.78 Å². The number of ketones is 1. The molecule has 0 heterocycles. The van der Waals surface area contributed by atoms with Crippen LogP contribution in [0.25, 0.3) is 0 Å². The standard InChI is InChI=1S/C15H24O/c1-12-6-4-5-7-13(2)9-11-15(16)14(3)10-8-12/h6-7,14H,4-5,8-11H2,1-3H3. The van der Waals surface area contributed by atoms with Crippen molar-refractivity contribution >= 4 is 5.78 Å². The van der Waals surface area contributed by atoms with Crippen LogP contribution >= 0.6 is 0 Å². The molecule has 0 bridgehead atoms. The summed E-state index contributed by atoms with van der Waals surface area (Å²) in [5.41, 5.74) is 2.80. The van der Waals surface area contributed by atoms with Crippen LogP contribution in [0.2, 0.25) is 0 Å². The number of Topliss-reactive ketones (excluding diaryl/α,β-unsaturated/α-hetero) is 1. The minimum Gasteiger partial charge on any atom is -0.299 e. The lowest BCUT2D eigenvalue weighted by atomic mass is 9.93. The average molecular weight is 220 g/mol. The van der Waals surface area contributed by atoms with E-state index >= 15 is 0 Å². The highest BCUT2D eigenvalue weighted by molar-refractivity contribution is 5.80. The van der Waals surface area contributed by atoms with E-state index < -0.39 is 0 Å². The summed E-state index contributed by atoms with van der Waals surface area (Å²) in [5.74, 6) is 0.664. The molecule has 0 saturated carbocycles. The third-order valence-corrected chi connectivity index (χ3v) is 3.44. The number of carbonyl (C=O) groups is 1. The predicted octanol–water partition coefficient (Wildman–Crippen LogP) is 4.44. The number of rotatable bonds is 0. The molecule has 1 unspecified atom stereocenters. The Hall–Kier alpha value is -0.850. The van der Waals surface area contributed by atoms with E-state index in [1.54, 1.807) is 0 Å². The fraction of sp³-hybridized carbons (Fsp3) is 0.667. The van der Waals surface area contributed by atoms with Gasteiger partial charge in [0.2, 0.25) is 0 Å². The molecule has 0 aliphatic heterocycles. The third kappa shape index (κ3) is 4.78. The maximum atomic E-state index is 11.8. The smallest absolute Gasteiger partial charge is 0.136 e. The highest BCUT2D eigenvalue weighted by Gasteiger charge is 2.12. The molecule has 0 aromatic rings. The molecule has 1 atom stereocenters. The number of hydrogen-bond acceptors (Lipinski definition) is 1. The minimum absolute atomic E-state index is 0.232. The van der Waals surface area contributed by atoms with Crippen LogP contribution < -0.4 is 0 Å². The Kier molecular flexibility index (Phi) is 5.51. The van der Waals surface area contributed by atoms with Gasteiger partial charge in [0.25, 0.3) is 0 Å². The van der Waals surface area contributed by atoms with Gasteiger partial charge in [0.15, 0.2) is 0 Å². The van der Waals surface area contributed by atoms with Gasteiger partial charge in [-0.15, -0.1) is 0 Å². The van der Waals surface area contributed by atoms with Crippen molar-refractivity contribution in [2.45, 2.75) is 59.3 Å². The van der Waals surface area contributed by atoms with Crippen molar-refractivity contribution in [1.29, 1.82) is 0 Å². The van der Waals surface area contributed by atoms with E-state index in [0.29, 0.717) is 5.78 Å². The van der Waals surface area contributed by atoms with Crippen molar-refractivity contribution in [2.24, 2.45) is 5.92 Å². The molecule has 0 amide bonds. The Bertz CT molecular complexity index is 297. The summed E-state index contributed by atoms with van der Waals surface area (Å²) in [6.07, 6.45) is 10.6. The molecule has 0 N–H and O–H groups in total. The van der Waals surface area contributed by atoms with E-state index in [1.165, 1.54) is 11.1 Å². The van der Waals surface area contributed by atoms with E-state index in [1.807, 2.05) is 0 Å². The zero-order valence-corrected chi connectivity index (χ0v) is 10.9. The molecule has 16 heavy (non-hydrogen) atoms. The third-order valence-electron chi connectivity index (χ3n) is 3.44. The molecular formula is C15H24O. The maximum Gasteiger partial charge on any atom is 0.136 e. The number of carbonyl (C=O) groups excluding carboxylic acids is 1. The van der Waals surface area contributed by atoms with E-state index in [4.69, 9.17) is 0 Å². The van der Waals surface area contributed by atoms with Gasteiger partial charge in [-0.3, -0.25) is 4.79 Å². The fourth-order valence-corrected chi connectivity index (χ4v) is 2.04. The van der Waals surface area contributed by atoms with Crippen LogP contribution in [0.15, 0.2) is 23.3 Å². The van der Waals surface area contributed by atoms with Crippen molar-refractivity contribution < 1.29 is 4.79 Å². The fourth-order valence-electron chi connectivity index (χ4n) is 2.04. The van der Waals surface area contributed by atoms with Crippen LogP contribution in [-0.4, -0.2) is 5.78 Å². The molecule has 0 aromatic heterocycles. The Balaban J connectivity index is 2.65. The van der Waals surface area contributed by atoms with Crippen molar-refractivity contribution in [1.82, 2.24) is 0 Å². The van der Waals surface area contributed by atoms with E-state index in [9.17, 15) is 4.79 Å². The summed E-state index contributed by atoms with van der Waals surface area (Å²) in [6.45, 7) is 6.39. The topological polar surface area (TPSA) is 17.1 Å². The molecule has 90 valence electrons. The minimum atomic E-state index is 0.232. The van der Waals surface area contributed by atoms with Gasteiger partial charge in [-0.1, -0.05) is 30.2 Å². The van der Waals surface area contributed by atoms with Crippen molar-refractivity contribution in [3.63, 3.8) is 0 Å². The van der Waals surface area contributed by atoms with Gasteiger partial charge in [-0.25, -0.2) is 0 Å². The van der Waals surface area contributed by atoms with Gasteiger partial charge >= 0.3 is 0 Å². The number of hydrogen-bond donors (Lipinski definition) is 0. The molecule has 1 heteroatoms. The molecule has 1 nitrogen and oxygen atoms in total. The maximum absolute atomic E-state index is 11.8. The van der Waals surface area contributed by atoms with Gasteiger partial charge in [0, 0.05) is 12.3 Å². The summed E-state index contributed by atoms with van der Waals surface area (Å²) >= 11 is 0. The van der Waals surface area contributed by atoms with Gasteiger partial charge < -0.3 is 0 Å². The van der Waals surface area contributed by atoms with Crippen LogP contribution in [0.3, 0.4) is 0 Å². The average Bonchev–Trinajstić information content (AvgIpc) is 2.27. The molecule has 0 spiro atoms. The molecular weight excluding hydrogens is 196 g/mol. The molecule has 0 fully saturated rings. The highest BCUT2D eigenvalue weighted by Crippen LogP contribution is 2.18. The first kappa shape index (κ1) is 13.2. The summed E-state index contributed by atoms with van der Waals surface area (Å²) in [5, 5.41) is 0. The Morgan fingerprint density at radius 3 is 2.19 bits per heavy atom. The largest absolute Gasteiger partial charge is 0.299 e. The monoisotopic (exact) mass is 220 g/mol. The van der Waals surface area contributed by atoms with Crippen LogP contribution in [0.4, 0.5) is 0 Å². The van der Waals surface area contributed by atoms with Crippen molar-refractivity contribution in [2.75, 3.05) is 0 Å². The summed E-state index contributed by atoms with van der Waals surface area (Å²) in [7, 11) is 0. The first-order valence-electron chi connectivity index (χ1n) is 6.43. The van der Waals surface area contributed by atoms with Gasteiger partial charge in [-0.05, 0) is 46.0 Å². The normalized spacial score (nSPS) is 25.2. The molecule has 0 radical (unpaired) electrons. The van der Waals surface area contributed by atoms with E-state index in [2.05, 4.69) is 32.9 Å². The Morgan fingerprint density at radius 2 is 1.56 bits per heavy atom. The van der Waals surface area contributed by atoms with Gasteiger partial charge in [0.05, 0.1) is 0 Å². The van der Waals surface area contributed by atoms with Crippen LogP contribution in [-0.2, 0) is 4.79 Å². The molecule has 1 aliphatic rings. The van der Waals surface area contributed by atoms with Gasteiger partial charge in [-0.2, -0.15) is 0 Å². The second kappa shape index (κ2) is 6.67. The highest BCUT2D eigenvalue weighted by atomic mass is 16.1. The molecule has 0 saturated heterocycles. The quantitative estimate of drug-likeness (QED) is 0.552. The van der Waals surface area contributed by atoms with Crippen LogP contribution in [0.5, 0.6) is 0 Å². The summed E-state index contributed by atoms with van der Waals surface area (Å²) in [6, 6.07) is 0. The first-order chi connectivity index (χ1) is 7.59. The lowest BCUT2D eigenvalue weighted by Gasteiger charge is -2.12. The lowest BCUT2D eigenvalue weighted by Crippen LogP contribution is -2.11. The Morgan fingerprint density at radius 1 is 1.00 bits per heavy atom. The van der Waals surface area contributed by atoms with Crippen molar-refractivity contribution in [3.8, 4) is 0 Å². The zero-order valence-electron chi connectivity index (χ0n) is 10.9. The molecule has 0 aromatic carbocycles. The number of allylic oxidation sites excluding steroid dienone is 4. The second-order valence-corrected chi connectivity index (χ2v) is 5.08. The first-order valence-corrected chi connectivity index (χ1v) is 6.43. The zero-order chi connectivity index (χ0) is 12.0. The Labute approximate surface area is 99.6 Å². The summed E-state index contributed by atoms with van der Waals surface area (Å²) in [4.78, 5) is 11.8. The summed E-state index contributed by atoms with van der Waals surface area (Å²) < 4.78 is 0. The van der Waals surface area contributed by atoms with E-state index in [-0.39, 0.29) is 5.92 Å².